The fraction of sp³-hybridized carbons (Fsp3) is 0.353. The van der Waals surface area contributed by atoms with Crippen LogP contribution < -0.4 is 10.1 Å². The van der Waals surface area contributed by atoms with Crippen molar-refractivity contribution in [3.63, 3.8) is 0 Å². The maximum absolute atomic E-state index is 13.5. The van der Waals surface area contributed by atoms with Crippen LogP contribution in [-0.2, 0) is 6.54 Å². The number of aromatic nitrogens is 1. The molecule has 0 saturated carbocycles. The number of rotatable bonds is 4. The van der Waals surface area contributed by atoms with Gasteiger partial charge in [-0.15, -0.1) is 0 Å². The van der Waals surface area contributed by atoms with E-state index in [0.717, 1.165) is 11.3 Å². The number of hydrogen-bond acceptors (Lipinski definition) is 3. The van der Waals surface area contributed by atoms with Crippen molar-refractivity contribution in [1.82, 2.24) is 10.3 Å². The molecule has 0 aliphatic heterocycles. The fourth-order valence-electron chi connectivity index (χ4n) is 1.79. The van der Waals surface area contributed by atoms with Crippen molar-refractivity contribution < 1.29 is 9.13 Å². The molecule has 2 rings (SSSR count). The smallest absolute Gasteiger partial charge is 0.145 e. The minimum atomic E-state index is -0.268. The van der Waals surface area contributed by atoms with Crippen LogP contribution in [0.1, 0.15) is 32.0 Å². The third-order valence-electron chi connectivity index (χ3n) is 2.94. The van der Waals surface area contributed by atoms with E-state index in [1.54, 1.807) is 12.3 Å². The summed E-state index contributed by atoms with van der Waals surface area (Å²) in [6, 6.07) is 8.28. The van der Waals surface area contributed by atoms with Gasteiger partial charge in [0.25, 0.3) is 0 Å². The first-order valence-corrected chi connectivity index (χ1v) is 6.97. The van der Waals surface area contributed by atoms with Crippen molar-refractivity contribution in [2.24, 2.45) is 0 Å². The lowest BCUT2D eigenvalue weighted by Crippen LogP contribution is -2.35. The summed E-state index contributed by atoms with van der Waals surface area (Å²) in [5, 5.41) is 3.34. The molecule has 4 heteroatoms. The van der Waals surface area contributed by atoms with E-state index in [9.17, 15) is 4.39 Å². The van der Waals surface area contributed by atoms with E-state index < -0.39 is 0 Å². The third-order valence-corrected chi connectivity index (χ3v) is 2.94. The quantitative estimate of drug-likeness (QED) is 0.915. The molecule has 0 radical (unpaired) electrons. The molecule has 1 N–H and O–H groups in total. The first-order valence-electron chi connectivity index (χ1n) is 6.97. The molecule has 0 unspecified atom stereocenters. The Hall–Kier alpha value is -1.94. The summed E-state index contributed by atoms with van der Waals surface area (Å²) in [7, 11) is 0. The SMILES string of the molecule is Cc1ccc(Oc2ccc(F)cc2CNC(C)(C)C)cn1. The van der Waals surface area contributed by atoms with Gasteiger partial charge in [0.1, 0.15) is 17.3 Å². The second kappa shape index (κ2) is 6.22. The highest BCUT2D eigenvalue weighted by molar-refractivity contribution is 5.37. The number of halogens is 1. The van der Waals surface area contributed by atoms with E-state index in [4.69, 9.17) is 4.74 Å². The molecule has 0 spiro atoms. The van der Waals surface area contributed by atoms with Crippen LogP contribution in [-0.4, -0.2) is 10.5 Å². The highest BCUT2D eigenvalue weighted by Crippen LogP contribution is 2.26. The molecule has 0 aliphatic carbocycles. The van der Waals surface area contributed by atoms with Crippen LogP contribution in [0, 0.1) is 12.7 Å². The number of hydrogen-bond donors (Lipinski definition) is 1. The van der Waals surface area contributed by atoms with Crippen molar-refractivity contribution in [3.8, 4) is 11.5 Å². The molecule has 2 aromatic rings. The van der Waals surface area contributed by atoms with Gasteiger partial charge in [0.2, 0.25) is 0 Å². The molecule has 1 heterocycles. The van der Waals surface area contributed by atoms with Gasteiger partial charge in [-0.05, 0) is 58.0 Å². The fourth-order valence-corrected chi connectivity index (χ4v) is 1.79. The van der Waals surface area contributed by atoms with E-state index in [1.165, 1.54) is 12.1 Å². The molecule has 21 heavy (non-hydrogen) atoms. The molecular weight excluding hydrogens is 267 g/mol. The van der Waals surface area contributed by atoms with Crippen LogP contribution in [0.15, 0.2) is 36.5 Å². The van der Waals surface area contributed by atoms with Crippen LogP contribution in [0.2, 0.25) is 0 Å². The molecule has 0 saturated heterocycles. The summed E-state index contributed by atoms with van der Waals surface area (Å²) in [4.78, 5) is 4.19. The molecule has 1 aromatic heterocycles. The zero-order chi connectivity index (χ0) is 15.5. The third kappa shape index (κ3) is 4.83. The van der Waals surface area contributed by atoms with Gasteiger partial charge in [0.15, 0.2) is 0 Å². The van der Waals surface area contributed by atoms with Crippen LogP contribution in [0.5, 0.6) is 11.5 Å². The summed E-state index contributed by atoms with van der Waals surface area (Å²) in [6.45, 7) is 8.65. The van der Waals surface area contributed by atoms with Gasteiger partial charge < -0.3 is 10.1 Å². The largest absolute Gasteiger partial charge is 0.455 e. The average molecular weight is 288 g/mol. The summed E-state index contributed by atoms with van der Waals surface area (Å²) in [5.41, 5.74) is 1.66. The minimum Gasteiger partial charge on any atom is -0.455 e. The Morgan fingerprint density at radius 3 is 2.57 bits per heavy atom. The van der Waals surface area contributed by atoms with E-state index in [-0.39, 0.29) is 11.4 Å². The molecule has 3 nitrogen and oxygen atoms in total. The Labute approximate surface area is 125 Å². The van der Waals surface area contributed by atoms with Crippen molar-refractivity contribution in [3.05, 3.63) is 53.6 Å². The minimum absolute atomic E-state index is 0.0466. The molecule has 0 bridgehead atoms. The van der Waals surface area contributed by atoms with E-state index in [2.05, 4.69) is 31.1 Å². The zero-order valence-electron chi connectivity index (χ0n) is 12.9. The lowest BCUT2D eigenvalue weighted by molar-refractivity contribution is 0.412. The lowest BCUT2D eigenvalue weighted by Gasteiger charge is -2.21. The molecular formula is C17H21FN2O. The van der Waals surface area contributed by atoms with Gasteiger partial charge in [0, 0.05) is 23.3 Å². The van der Waals surface area contributed by atoms with Crippen molar-refractivity contribution in [2.45, 2.75) is 39.8 Å². The molecule has 0 atom stereocenters. The first kappa shape index (κ1) is 15.4. The van der Waals surface area contributed by atoms with Crippen LogP contribution in [0.4, 0.5) is 4.39 Å². The Bertz CT molecular complexity index is 603. The summed E-state index contributed by atoms with van der Waals surface area (Å²) in [5.74, 6) is 1.01. The van der Waals surface area contributed by atoms with Crippen molar-refractivity contribution in [2.75, 3.05) is 0 Å². The predicted octanol–water partition coefficient (Wildman–Crippen LogP) is 4.21. The molecule has 0 aliphatic rings. The number of pyridine rings is 1. The van der Waals surface area contributed by atoms with E-state index >= 15 is 0 Å². The summed E-state index contributed by atoms with van der Waals surface area (Å²) < 4.78 is 19.3. The van der Waals surface area contributed by atoms with Crippen LogP contribution in [0.3, 0.4) is 0 Å². The van der Waals surface area contributed by atoms with Crippen molar-refractivity contribution >= 4 is 0 Å². The Balaban J connectivity index is 2.20. The average Bonchev–Trinajstić information content (AvgIpc) is 2.40. The Morgan fingerprint density at radius 1 is 1.19 bits per heavy atom. The maximum atomic E-state index is 13.5. The van der Waals surface area contributed by atoms with Gasteiger partial charge in [-0.1, -0.05) is 0 Å². The second-order valence-corrected chi connectivity index (χ2v) is 6.09. The maximum Gasteiger partial charge on any atom is 0.145 e. The van der Waals surface area contributed by atoms with E-state index in [1.807, 2.05) is 19.1 Å². The first-order chi connectivity index (χ1) is 9.83. The zero-order valence-corrected chi connectivity index (χ0v) is 12.9. The van der Waals surface area contributed by atoms with Crippen LogP contribution >= 0.6 is 0 Å². The summed E-state index contributed by atoms with van der Waals surface area (Å²) in [6.07, 6.45) is 1.67. The standard InChI is InChI=1S/C17H21FN2O/c1-12-5-7-15(11-19-12)21-16-8-6-14(18)9-13(16)10-20-17(2,3)4/h5-9,11,20H,10H2,1-4H3. The van der Waals surface area contributed by atoms with Gasteiger partial charge in [-0.3, -0.25) is 4.98 Å². The van der Waals surface area contributed by atoms with Crippen LogP contribution in [0.25, 0.3) is 0 Å². The monoisotopic (exact) mass is 288 g/mol. The Morgan fingerprint density at radius 2 is 1.95 bits per heavy atom. The molecule has 1 aromatic carbocycles. The number of nitrogens with one attached hydrogen (secondary N) is 1. The molecule has 0 amide bonds. The molecule has 0 fully saturated rings. The lowest BCUT2D eigenvalue weighted by atomic mass is 10.1. The highest BCUT2D eigenvalue weighted by Gasteiger charge is 2.12. The highest BCUT2D eigenvalue weighted by atomic mass is 19.1. The van der Waals surface area contributed by atoms with Gasteiger partial charge in [-0.25, -0.2) is 4.39 Å². The topological polar surface area (TPSA) is 34.1 Å². The number of nitrogens with zero attached hydrogens (tertiary/aromatic N) is 1. The van der Waals surface area contributed by atoms with Crippen molar-refractivity contribution in [1.29, 1.82) is 0 Å². The Kier molecular flexibility index (Phi) is 4.58. The van der Waals surface area contributed by atoms with Gasteiger partial charge in [0.05, 0.1) is 6.20 Å². The summed E-state index contributed by atoms with van der Waals surface area (Å²) >= 11 is 0. The van der Waals surface area contributed by atoms with E-state index in [0.29, 0.717) is 18.0 Å². The number of benzene rings is 1. The number of ether oxygens (including phenoxy) is 1. The molecule has 112 valence electrons. The second-order valence-electron chi connectivity index (χ2n) is 6.09. The van der Waals surface area contributed by atoms with Gasteiger partial charge >= 0.3 is 0 Å². The predicted molar refractivity (Wildman–Crippen MR) is 82.0 cm³/mol. The normalized spacial score (nSPS) is 11.5. The number of aryl methyl sites for hydroxylation is 1. The van der Waals surface area contributed by atoms with Gasteiger partial charge in [-0.2, -0.15) is 0 Å².